The molecule has 0 amide bonds. The van der Waals surface area contributed by atoms with Gasteiger partial charge >= 0.3 is 0 Å². The van der Waals surface area contributed by atoms with Gasteiger partial charge in [0.25, 0.3) is 0 Å². The second kappa shape index (κ2) is 16.3. The fourth-order valence-corrected chi connectivity index (χ4v) is 0.313. The summed E-state index contributed by atoms with van der Waals surface area (Å²) in [6.45, 7) is 0. The van der Waals surface area contributed by atoms with Crippen molar-refractivity contribution in [3.8, 4) is 0 Å². The third kappa shape index (κ3) is 11.4. The summed E-state index contributed by atoms with van der Waals surface area (Å²) < 4.78 is 0. The van der Waals surface area contributed by atoms with E-state index in [0.29, 0.717) is 0 Å². The van der Waals surface area contributed by atoms with Crippen LogP contribution < -0.4 is 0 Å². The summed E-state index contributed by atoms with van der Waals surface area (Å²) in [5.74, 6) is 0. The Morgan fingerprint density at radius 2 is 1.10 bits per heavy atom. The minimum absolute atomic E-state index is 0. The van der Waals surface area contributed by atoms with Gasteiger partial charge in [-0.05, 0) is 12.1 Å². The number of aromatic nitrogens is 1. The summed E-state index contributed by atoms with van der Waals surface area (Å²) in [7, 11) is 0. The quantitative estimate of drug-likeness (QED) is 0.638. The molecule has 0 atom stereocenters. The Bertz CT molecular complexity index is 88.8. The van der Waals surface area contributed by atoms with Crippen LogP contribution in [0.3, 0.4) is 0 Å². The molecule has 0 unspecified atom stereocenters. The van der Waals surface area contributed by atoms with E-state index in [4.69, 9.17) is 0 Å². The smallest absolute Gasteiger partial charge is 0.0267 e. The van der Waals surface area contributed by atoms with Crippen molar-refractivity contribution < 1.29 is 17.1 Å². The molecule has 0 aromatic carbocycles. The molecular weight excluding hydrogens is 236 g/mol. The molecule has 0 N–H and O–H groups in total. The molecule has 5 heteroatoms. The maximum Gasteiger partial charge on any atom is 0.0267 e. The number of hydrogen-bond donors (Lipinski definition) is 0. The van der Waals surface area contributed by atoms with E-state index in [1.54, 1.807) is 12.4 Å². The first-order chi connectivity index (χ1) is 3.00. The van der Waals surface area contributed by atoms with Crippen molar-refractivity contribution in [2.24, 2.45) is 0 Å². The standard InChI is InChI=1S/C5H5N.3ClH.Fe/c1-2-4-6-5-3-1;;;;/h1-5H;3*1H;. The molecule has 1 aromatic heterocycles. The van der Waals surface area contributed by atoms with Crippen LogP contribution in [0.5, 0.6) is 0 Å². The van der Waals surface area contributed by atoms with Gasteiger partial charge in [-0.2, -0.15) is 0 Å². The van der Waals surface area contributed by atoms with Crippen molar-refractivity contribution in [1.82, 2.24) is 4.98 Å². The van der Waals surface area contributed by atoms with Crippen LogP contribution >= 0.6 is 37.2 Å². The monoisotopic (exact) mass is 243 g/mol. The van der Waals surface area contributed by atoms with Crippen molar-refractivity contribution >= 4 is 37.2 Å². The van der Waals surface area contributed by atoms with Crippen LogP contribution in [-0.2, 0) is 17.1 Å². The number of hydrogen-bond acceptors (Lipinski definition) is 1. The van der Waals surface area contributed by atoms with Gasteiger partial charge < -0.3 is 0 Å². The summed E-state index contributed by atoms with van der Waals surface area (Å²) in [4.78, 5) is 3.78. The van der Waals surface area contributed by atoms with Crippen molar-refractivity contribution in [2.45, 2.75) is 0 Å². The number of pyridine rings is 1. The molecule has 0 aliphatic carbocycles. The summed E-state index contributed by atoms with van der Waals surface area (Å²) in [6, 6.07) is 5.72. The van der Waals surface area contributed by atoms with Crippen LogP contribution in [0.1, 0.15) is 0 Å². The van der Waals surface area contributed by atoms with Gasteiger partial charge in [0.15, 0.2) is 0 Å². The number of halogens is 3. The van der Waals surface area contributed by atoms with Gasteiger partial charge in [0.05, 0.1) is 0 Å². The molecule has 1 rings (SSSR count). The summed E-state index contributed by atoms with van der Waals surface area (Å²) in [6.07, 6.45) is 3.50. The van der Waals surface area contributed by atoms with Gasteiger partial charge in [0.2, 0.25) is 0 Å². The molecule has 0 saturated heterocycles. The second-order valence-corrected chi connectivity index (χ2v) is 1.02. The summed E-state index contributed by atoms with van der Waals surface area (Å²) >= 11 is 0. The topological polar surface area (TPSA) is 12.9 Å². The van der Waals surface area contributed by atoms with Crippen LogP contribution in [-0.4, -0.2) is 4.98 Å². The number of rotatable bonds is 0. The van der Waals surface area contributed by atoms with Crippen molar-refractivity contribution in [1.29, 1.82) is 0 Å². The Hall–Kier alpha value is 0.539. The Kier molecular flexibility index (Phi) is 36.5. The fourth-order valence-electron chi connectivity index (χ4n) is 0.313. The van der Waals surface area contributed by atoms with E-state index < -0.39 is 0 Å². The van der Waals surface area contributed by atoms with Gasteiger partial charge in [0, 0.05) is 29.5 Å². The minimum atomic E-state index is 0. The van der Waals surface area contributed by atoms with Crippen molar-refractivity contribution in [2.75, 3.05) is 0 Å². The van der Waals surface area contributed by atoms with Crippen molar-refractivity contribution in [3.05, 3.63) is 30.6 Å². The predicted molar refractivity (Wildman–Crippen MR) is 46.0 cm³/mol. The maximum absolute atomic E-state index is 3.78. The van der Waals surface area contributed by atoms with E-state index >= 15 is 0 Å². The van der Waals surface area contributed by atoms with E-state index in [-0.39, 0.29) is 54.3 Å². The fraction of sp³-hybridized carbons (Fsp3) is 0. The summed E-state index contributed by atoms with van der Waals surface area (Å²) in [5.41, 5.74) is 0. The molecule has 0 spiro atoms. The van der Waals surface area contributed by atoms with Crippen molar-refractivity contribution in [3.63, 3.8) is 0 Å². The zero-order valence-corrected chi connectivity index (χ0v) is 8.47. The Morgan fingerprint density at radius 3 is 1.20 bits per heavy atom. The molecule has 1 nitrogen and oxygen atoms in total. The molecule has 10 heavy (non-hydrogen) atoms. The van der Waals surface area contributed by atoms with Crippen LogP contribution in [0.4, 0.5) is 0 Å². The Morgan fingerprint density at radius 1 is 0.700 bits per heavy atom. The third-order valence-electron chi connectivity index (χ3n) is 0.566. The molecule has 0 fully saturated rings. The van der Waals surface area contributed by atoms with Crippen LogP contribution in [0.25, 0.3) is 0 Å². The molecule has 62 valence electrons. The third-order valence-corrected chi connectivity index (χ3v) is 0.566. The second-order valence-electron chi connectivity index (χ2n) is 1.02. The Balaban J connectivity index is -0.0000000450. The summed E-state index contributed by atoms with van der Waals surface area (Å²) in [5, 5.41) is 0. The zero-order valence-electron chi connectivity index (χ0n) is 4.91. The SMILES string of the molecule is Cl.Cl.Cl.[Fe].c1ccncc1. The van der Waals surface area contributed by atoms with Crippen LogP contribution in [0.2, 0.25) is 0 Å². The first kappa shape index (κ1) is 22.4. The van der Waals surface area contributed by atoms with Gasteiger partial charge in [-0.1, -0.05) is 6.07 Å². The maximum atomic E-state index is 3.78. The molecule has 1 heterocycles. The molecule has 0 saturated carbocycles. The molecule has 0 radical (unpaired) electrons. The molecule has 1 aromatic rings. The van der Waals surface area contributed by atoms with Gasteiger partial charge in [0.1, 0.15) is 0 Å². The molecule has 0 aliphatic heterocycles. The molecular formula is C5H8Cl3FeN. The Labute approximate surface area is 89.7 Å². The average molecular weight is 244 g/mol. The largest absolute Gasteiger partial charge is 0.265 e. The minimum Gasteiger partial charge on any atom is -0.265 e. The normalized spacial score (nSPS) is 4.80. The average Bonchev–Trinajstić information content (AvgIpc) is 1.72. The van der Waals surface area contributed by atoms with Gasteiger partial charge in [-0.15, -0.1) is 37.2 Å². The molecule has 0 bridgehead atoms. The molecule has 0 aliphatic rings. The van der Waals surface area contributed by atoms with Crippen LogP contribution in [0, 0.1) is 0 Å². The van der Waals surface area contributed by atoms with E-state index in [9.17, 15) is 0 Å². The zero-order chi connectivity index (χ0) is 4.24. The van der Waals surface area contributed by atoms with Gasteiger partial charge in [-0.25, -0.2) is 0 Å². The van der Waals surface area contributed by atoms with E-state index in [2.05, 4.69) is 4.98 Å². The first-order valence-electron chi connectivity index (χ1n) is 1.85. The predicted octanol–water partition coefficient (Wildman–Crippen LogP) is 2.34. The van der Waals surface area contributed by atoms with E-state index in [0.717, 1.165) is 0 Å². The van der Waals surface area contributed by atoms with Gasteiger partial charge in [-0.3, -0.25) is 4.98 Å². The van der Waals surface area contributed by atoms with E-state index in [1.807, 2.05) is 18.2 Å². The number of nitrogens with zero attached hydrogens (tertiary/aromatic N) is 1. The van der Waals surface area contributed by atoms with E-state index in [1.165, 1.54) is 0 Å². The van der Waals surface area contributed by atoms with Crippen LogP contribution in [0.15, 0.2) is 30.6 Å². The first-order valence-corrected chi connectivity index (χ1v) is 1.85.